The molecule has 2 unspecified atom stereocenters. The van der Waals surface area contributed by atoms with Gasteiger partial charge in [-0.1, -0.05) is 13.8 Å². The molecule has 5 heteroatoms. The van der Waals surface area contributed by atoms with Crippen molar-refractivity contribution in [3.05, 3.63) is 0 Å². The van der Waals surface area contributed by atoms with Gasteiger partial charge >= 0.3 is 5.97 Å². The SMILES string of the molecule is CC1CC(C)CN(C(=O)CNCCC(=O)O)C1. The number of amides is 1. The van der Waals surface area contributed by atoms with E-state index in [2.05, 4.69) is 19.2 Å². The molecule has 1 heterocycles. The van der Waals surface area contributed by atoms with Crippen LogP contribution >= 0.6 is 0 Å². The third kappa shape index (κ3) is 5.17. The van der Waals surface area contributed by atoms with Crippen LogP contribution in [-0.2, 0) is 9.59 Å². The molecule has 0 radical (unpaired) electrons. The number of carboxylic acids is 1. The molecule has 98 valence electrons. The first kappa shape index (κ1) is 14.0. The Morgan fingerprint density at radius 3 is 2.41 bits per heavy atom. The van der Waals surface area contributed by atoms with Crippen LogP contribution in [0.15, 0.2) is 0 Å². The van der Waals surface area contributed by atoms with Crippen LogP contribution in [0.3, 0.4) is 0 Å². The van der Waals surface area contributed by atoms with Crippen molar-refractivity contribution < 1.29 is 14.7 Å². The molecule has 5 nitrogen and oxygen atoms in total. The van der Waals surface area contributed by atoms with E-state index in [9.17, 15) is 9.59 Å². The topological polar surface area (TPSA) is 69.6 Å². The summed E-state index contributed by atoms with van der Waals surface area (Å²) in [5.41, 5.74) is 0. The largest absolute Gasteiger partial charge is 0.481 e. The highest BCUT2D eigenvalue weighted by Gasteiger charge is 2.24. The van der Waals surface area contributed by atoms with E-state index in [0.717, 1.165) is 13.1 Å². The normalized spacial score (nSPS) is 24.7. The van der Waals surface area contributed by atoms with E-state index in [1.165, 1.54) is 6.42 Å². The lowest BCUT2D eigenvalue weighted by atomic mass is 9.92. The summed E-state index contributed by atoms with van der Waals surface area (Å²) in [5.74, 6) is 0.349. The van der Waals surface area contributed by atoms with Crippen LogP contribution in [0.25, 0.3) is 0 Å². The van der Waals surface area contributed by atoms with Gasteiger partial charge in [0.15, 0.2) is 0 Å². The molecule has 1 amide bonds. The van der Waals surface area contributed by atoms with Gasteiger partial charge < -0.3 is 15.3 Å². The molecule has 0 aromatic carbocycles. The molecule has 0 bridgehead atoms. The monoisotopic (exact) mass is 242 g/mol. The summed E-state index contributed by atoms with van der Waals surface area (Å²) in [6.07, 6.45) is 1.23. The molecule has 2 N–H and O–H groups in total. The van der Waals surface area contributed by atoms with Gasteiger partial charge in [-0.3, -0.25) is 9.59 Å². The number of carbonyl (C=O) groups excluding carboxylic acids is 1. The highest BCUT2D eigenvalue weighted by molar-refractivity contribution is 5.78. The fourth-order valence-corrected chi connectivity index (χ4v) is 2.37. The second-order valence-corrected chi connectivity index (χ2v) is 5.07. The lowest BCUT2D eigenvalue weighted by Crippen LogP contribution is -2.46. The van der Waals surface area contributed by atoms with Crippen molar-refractivity contribution in [1.29, 1.82) is 0 Å². The van der Waals surface area contributed by atoms with Gasteiger partial charge in [0, 0.05) is 19.6 Å². The third-order valence-corrected chi connectivity index (χ3v) is 3.01. The molecule has 0 saturated carbocycles. The molecule has 0 spiro atoms. The van der Waals surface area contributed by atoms with Crippen molar-refractivity contribution in [1.82, 2.24) is 10.2 Å². The van der Waals surface area contributed by atoms with Crippen molar-refractivity contribution in [2.45, 2.75) is 26.7 Å². The first-order valence-corrected chi connectivity index (χ1v) is 6.19. The predicted octanol–water partition coefficient (Wildman–Crippen LogP) is 0.555. The summed E-state index contributed by atoms with van der Waals surface area (Å²) < 4.78 is 0. The summed E-state index contributed by atoms with van der Waals surface area (Å²) in [7, 11) is 0. The molecule has 1 aliphatic rings. The summed E-state index contributed by atoms with van der Waals surface area (Å²) in [4.78, 5) is 24.0. The van der Waals surface area contributed by atoms with Crippen LogP contribution in [0.5, 0.6) is 0 Å². The summed E-state index contributed by atoms with van der Waals surface area (Å²) in [6.45, 7) is 6.56. The highest BCUT2D eigenvalue weighted by Crippen LogP contribution is 2.20. The minimum absolute atomic E-state index is 0.0556. The fourth-order valence-electron chi connectivity index (χ4n) is 2.37. The molecule has 1 fully saturated rings. The number of nitrogens with one attached hydrogen (secondary N) is 1. The molecule has 0 aliphatic carbocycles. The number of carboxylic acid groups (broad SMARTS) is 1. The Morgan fingerprint density at radius 2 is 1.88 bits per heavy atom. The quantitative estimate of drug-likeness (QED) is 0.691. The molecule has 0 aromatic rings. The zero-order chi connectivity index (χ0) is 12.8. The molecular formula is C12H22N2O3. The van der Waals surface area contributed by atoms with Crippen molar-refractivity contribution >= 4 is 11.9 Å². The number of piperidine rings is 1. The average molecular weight is 242 g/mol. The van der Waals surface area contributed by atoms with Crippen LogP contribution in [0, 0.1) is 11.8 Å². The van der Waals surface area contributed by atoms with Crippen molar-refractivity contribution in [3.63, 3.8) is 0 Å². The molecule has 0 aromatic heterocycles. The average Bonchev–Trinajstić information content (AvgIpc) is 2.22. The number of rotatable bonds is 5. The summed E-state index contributed by atoms with van der Waals surface area (Å²) in [5, 5.41) is 11.3. The maximum Gasteiger partial charge on any atom is 0.304 e. The molecule has 1 rings (SSSR count). The van der Waals surface area contributed by atoms with Gasteiger partial charge in [-0.2, -0.15) is 0 Å². The number of hydrogen-bond donors (Lipinski definition) is 2. The molecule has 1 aliphatic heterocycles. The van der Waals surface area contributed by atoms with Crippen LogP contribution in [-0.4, -0.2) is 48.1 Å². The van der Waals surface area contributed by atoms with E-state index in [-0.39, 0.29) is 18.9 Å². The van der Waals surface area contributed by atoms with E-state index in [1.54, 1.807) is 0 Å². The number of likely N-dealkylation sites (tertiary alicyclic amines) is 1. The summed E-state index contributed by atoms with van der Waals surface area (Å²) >= 11 is 0. The predicted molar refractivity (Wildman–Crippen MR) is 64.6 cm³/mol. The second-order valence-electron chi connectivity index (χ2n) is 5.07. The van der Waals surface area contributed by atoms with Crippen LogP contribution in [0.2, 0.25) is 0 Å². The van der Waals surface area contributed by atoms with Crippen LogP contribution < -0.4 is 5.32 Å². The zero-order valence-corrected chi connectivity index (χ0v) is 10.6. The van der Waals surface area contributed by atoms with Gasteiger partial charge in [0.2, 0.25) is 5.91 Å². The Kier molecular flexibility index (Phi) is 5.41. The lowest BCUT2D eigenvalue weighted by Gasteiger charge is -2.35. The molecule has 2 atom stereocenters. The number of hydrogen-bond acceptors (Lipinski definition) is 3. The maximum atomic E-state index is 11.8. The van der Waals surface area contributed by atoms with Gasteiger partial charge in [0.25, 0.3) is 0 Å². The maximum absolute atomic E-state index is 11.8. The smallest absolute Gasteiger partial charge is 0.304 e. The van der Waals surface area contributed by atoms with Gasteiger partial charge in [-0.25, -0.2) is 0 Å². The van der Waals surface area contributed by atoms with E-state index < -0.39 is 5.97 Å². The van der Waals surface area contributed by atoms with Gasteiger partial charge in [0.1, 0.15) is 0 Å². The Bertz CT molecular complexity index is 271. The van der Waals surface area contributed by atoms with Gasteiger partial charge in [-0.15, -0.1) is 0 Å². The molecule has 17 heavy (non-hydrogen) atoms. The minimum Gasteiger partial charge on any atom is -0.481 e. The van der Waals surface area contributed by atoms with E-state index in [0.29, 0.717) is 18.4 Å². The van der Waals surface area contributed by atoms with Crippen molar-refractivity contribution in [2.24, 2.45) is 11.8 Å². The zero-order valence-electron chi connectivity index (χ0n) is 10.6. The van der Waals surface area contributed by atoms with E-state index >= 15 is 0 Å². The lowest BCUT2D eigenvalue weighted by molar-refractivity contribution is -0.137. The Balaban J connectivity index is 2.24. The van der Waals surface area contributed by atoms with Crippen molar-refractivity contribution in [2.75, 3.05) is 26.2 Å². The van der Waals surface area contributed by atoms with Gasteiger partial charge in [0.05, 0.1) is 13.0 Å². The first-order chi connectivity index (χ1) is 7.99. The minimum atomic E-state index is -0.842. The first-order valence-electron chi connectivity index (χ1n) is 6.19. The van der Waals surface area contributed by atoms with E-state index in [1.807, 2.05) is 4.90 Å². The van der Waals surface area contributed by atoms with Crippen LogP contribution in [0.4, 0.5) is 0 Å². The Morgan fingerprint density at radius 1 is 1.29 bits per heavy atom. The number of nitrogens with zero attached hydrogens (tertiary/aromatic N) is 1. The Hall–Kier alpha value is -1.10. The van der Waals surface area contributed by atoms with E-state index in [4.69, 9.17) is 5.11 Å². The molecule has 1 saturated heterocycles. The second kappa shape index (κ2) is 6.59. The third-order valence-electron chi connectivity index (χ3n) is 3.01. The number of carbonyl (C=O) groups is 2. The molecular weight excluding hydrogens is 220 g/mol. The van der Waals surface area contributed by atoms with Crippen LogP contribution in [0.1, 0.15) is 26.7 Å². The summed E-state index contributed by atoms with van der Waals surface area (Å²) in [6, 6.07) is 0. The fraction of sp³-hybridized carbons (Fsp3) is 0.833. The highest BCUT2D eigenvalue weighted by atomic mass is 16.4. The standard InChI is InChI=1S/C12H22N2O3/c1-9-5-10(2)8-14(7-9)11(15)6-13-4-3-12(16)17/h9-10,13H,3-8H2,1-2H3,(H,16,17). The van der Waals surface area contributed by atoms with Gasteiger partial charge in [-0.05, 0) is 18.3 Å². The van der Waals surface area contributed by atoms with Crippen molar-refractivity contribution in [3.8, 4) is 0 Å². The Labute approximate surface area is 102 Å². The number of aliphatic carboxylic acids is 1.